The third kappa shape index (κ3) is 16.8. The van der Waals surface area contributed by atoms with E-state index in [9.17, 15) is 0 Å². The maximum absolute atomic E-state index is 2.80. The smallest absolute Gasteiger partial charge is 0.123 e. The van der Waals surface area contributed by atoms with Crippen LogP contribution in [0.3, 0.4) is 0 Å². The van der Waals surface area contributed by atoms with Crippen molar-refractivity contribution in [3.8, 4) is 0 Å². The summed E-state index contributed by atoms with van der Waals surface area (Å²) < 4.78 is 0. The van der Waals surface area contributed by atoms with Crippen molar-refractivity contribution in [3.05, 3.63) is 84.2 Å². The van der Waals surface area contributed by atoms with Crippen LogP contribution in [-0.2, 0) is 6.42 Å². The zero-order chi connectivity index (χ0) is 36.8. The lowest BCUT2D eigenvalue weighted by atomic mass is 9.78. The third-order valence-corrected chi connectivity index (χ3v) is 12.2. The van der Waals surface area contributed by atoms with E-state index in [2.05, 4.69) is 104 Å². The van der Waals surface area contributed by atoms with Gasteiger partial charge >= 0.3 is 0 Å². The molecule has 0 N–H and O–H groups in total. The molecule has 0 aliphatic carbocycles. The van der Waals surface area contributed by atoms with Crippen molar-refractivity contribution in [2.45, 2.75) is 219 Å². The molecule has 2 unspecified atom stereocenters. The summed E-state index contributed by atoms with van der Waals surface area (Å²) in [6, 6.07) is 22.9. The van der Waals surface area contributed by atoms with Crippen molar-refractivity contribution in [3.63, 3.8) is 0 Å². The van der Waals surface area contributed by atoms with E-state index >= 15 is 0 Å². The zero-order valence-electron chi connectivity index (χ0n) is 34.8. The molecular weight excluding hydrogens is 629 g/mol. The Morgan fingerprint density at radius 3 is 1.08 bits per heavy atom. The van der Waals surface area contributed by atoms with Gasteiger partial charge in [-0.05, 0) is 30.4 Å². The van der Waals surface area contributed by atoms with Crippen LogP contribution in [0.2, 0.25) is 0 Å². The van der Waals surface area contributed by atoms with Crippen molar-refractivity contribution in [1.82, 2.24) is 9.80 Å². The fourth-order valence-electron chi connectivity index (χ4n) is 9.03. The van der Waals surface area contributed by atoms with Crippen molar-refractivity contribution < 1.29 is 0 Å². The molecule has 0 bridgehead atoms. The first-order valence-electron chi connectivity index (χ1n) is 23.1. The van der Waals surface area contributed by atoms with Gasteiger partial charge in [-0.2, -0.15) is 0 Å². The van der Waals surface area contributed by atoms with Crippen LogP contribution >= 0.6 is 0 Å². The van der Waals surface area contributed by atoms with E-state index in [4.69, 9.17) is 0 Å². The summed E-state index contributed by atoms with van der Waals surface area (Å²) in [5, 5.41) is 0. The van der Waals surface area contributed by atoms with Crippen LogP contribution in [0.4, 0.5) is 0 Å². The number of nitrogens with zero attached hydrogens (tertiary/aromatic N) is 2. The van der Waals surface area contributed by atoms with Gasteiger partial charge in [0.1, 0.15) is 5.66 Å². The molecule has 1 aliphatic heterocycles. The van der Waals surface area contributed by atoms with Gasteiger partial charge in [-0.3, -0.25) is 0 Å². The van der Waals surface area contributed by atoms with Gasteiger partial charge in [0.15, 0.2) is 0 Å². The lowest BCUT2D eigenvalue weighted by Crippen LogP contribution is -2.59. The monoisotopic (exact) mass is 713 g/mol. The Bertz CT molecular complexity index is 1100. The molecule has 0 amide bonds. The van der Waals surface area contributed by atoms with Crippen molar-refractivity contribution in [2.24, 2.45) is 0 Å². The van der Waals surface area contributed by atoms with Crippen LogP contribution in [0.5, 0.6) is 0 Å². The molecule has 0 radical (unpaired) electrons. The average molecular weight is 713 g/mol. The van der Waals surface area contributed by atoms with Gasteiger partial charge in [0, 0.05) is 37.8 Å². The highest BCUT2D eigenvalue weighted by Crippen LogP contribution is 2.45. The van der Waals surface area contributed by atoms with Crippen LogP contribution in [-0.4, -0.2) is 28.6 Å². The molecule has 2 aromatic rings. The molecule has 1 heterocycles. The lowest BCUT2D eigenvalue weighted by Gasteiger charge is -2.51. The predicted octanol–water partition coefficient (Wildman–Crippen LogP) is 15.8. The normalized spacial score (nSPS) is 16.3. The Morgan fingerprint density at radius 2 is 0.731 bits per heavy atom. The molecule has 2 nitrogen and oxygen atoms in total. The molecule has 0 spiro atoms. The maximum Gasteiger partial charge on any atom is 0.123 e. The molecular formula is C50H84N2. The number of hydrogen-bond acceptors (Lipinski definition) is 2. The molecule has 0 saturated carbocycles. The molecule has 1 aliphatic rings. The second kappa shape index (κ2) is 29.2. The predicted molar refractivity (Wildman–Crippen MR) is 231 cm³/mol. The van der Waals surface area contributed by atoms with E-state index in [0.717, 1.165) is 25.9 Å². The summed E-state index contributed by atoms with van der Waals surface area (Å²) in [5.74, 6) is 0.442. The number of benzene rings is 2. The largest absolute Gasteiger partial charge is 0.353 e. The van der Waals surface area contributed by atoms with Gasteiger partial charge in [0.2, 0.25) is 0 Å². The fourth-order valence-corrected chi connectivity index (χ4v) is 9.03. The summed E-state index contributed by atoms with van der Waals surface area (Å²) in [6.45, 7) is 9.35. The SMILES string of the molecule is CCCCCCCCCCCCCCCCCCN1C=CN(CCCCCCCCCCCCC)C1(Cc1ccccc1)C(CC)c1ccccc1. The van der Waals surface area contributed by atoms with E-state index in [0.29, 0.717) is 5.92 Å². The van der Waals surface area contributed by atoms with Crippen molar-refractivity contribution >= 4 is 0 Å². The first-order valence-corrected chi connectivity index (χ1v) is 23.1. The number of hydrogen-bond donors (Lipinski definition) is 0. The van der Waals surface area contributed by atoms with E-state index in [1.807, 2.05) is 0 Å². The molecule has 0 aromatic heterocycles. The maximum atomic E-state index is 2.80. The quantitative estimate of drug-likeness (QED) is 0.0667. The highest BCUT2D eigenvalue weighted by molar-refractivity contribution is 5.30. The molecule has 2 aromatic carbocycles. The van der Waals surface area contributed by atoms with E-state index < -0.39 is 0 Å². The van der Waals surface area contributed by atoms with E-state index in [1.165, 1.54) is 184 Å². The van der Waals surface area contributed by atoms with Crippen LogP contribution < -0.4 is 0 Å². The Kier molecular flexibility index (Phi) is 24.8. The topological polar surface area (TPSA) is 6.48 Å². The van der Waals surface area contributed by atoms with Gasteiger partial charge in [-0.25, -0.2) is 0 Å². The third-order valence-electron chi connectivity index (χ3n) is 12.2. The molecule has 3 rings (SSSR count). The fraction of sp³-hybridized carbons (Fsp3) is 0.720. The molecule has 0 fully saturated rings. The summed E-state index contributed by atoms with van der Waals surface area (Å²) in [4.78, 5) is 5.59. The van der Waals surface area contributed by atoms with Crippen LogP contribution in [0.15, 0.2) is 73.1 Å². The molecule has 2 atom stereocenters. The highest BCUT2D eigenvalue weighted by atomic mass is 15.4. The Morgan fingerprint density at radius 1 is 0.404 bits per heavy atom. The Hall–Kier alpha value is -2.22. The zero-order valence-corrected chi connectivity index (χ0v) is 34.8. The van der Waals surface area contributed by atoms with Crippen LogP contribution in [0.25, 0.3) is 0 Å². The highest BCUT2D eigenvalue weighted by Gasteiger charge is 2.49. The lowest BCUT2D eigenvalue weighted by molar-refractivity contribution is -0.00378. The Balaban J connectivity index is 1.51. The van der Waals surface area contributed by atoms with Crippen LogP contribution in [0.1, 0.15) is 218 Å². The second-order valence-electron chi connectivity index (χ2n) is 16.4. The van der Waals surface area contributed by atoms with E-state index in [1.54, 1.807) is 0 Å². The first-order chi connectivity index (χ1) is 25.8. The minimum absolute atomic E-state index is 0.0640. The molecule has 52 heavy (non-hydrogen) atoms. The van der Waals surface area contributed by atoms with Gasteiger partial charge in [0.25, 0.3) is 0 Å². The Labute approximate surface area is 324 Å². The number of rotatable bonds is 34. The van der Waals surface area contributed by atoms with E-state index in [-0.39, 0.29) is 5.66 Å². The number of unbranched alkanes of at least 4 members (excludes halogenated alkanes) is 25. The second-order valence-corrected chi connectivity index (χ2v) is 16.4. The summed E-state index contributed by atoms with van der Waals surface area (Å²) in [6.07, 6.45) is 45.3. The molecule has 294 valence electrons. The first kappa shape index (κ1) is 44.2. The molecule has 0 saturated heterocycles. The summed E-state index contributed by atoms with van der Waals surface area (Å²) >= 11 is 0. The van der Waals surface area contributed by atoms with Gasteiger partial charge in [-0.15, -0.1) is 0 Å². The van der Waals surface area contributed by atoms with Crippen molar-refractivity contribution in [2.75, 3.05) is 13.1 Å². The minimum Gasteiger partial charge on any atom is -0.353 e. The van der Waals surface area contributed by atoms with Crippen molar-refractivity contribution in [1.29, 1.82) is 0 Å². The molecule has 2 heteroatoms. The van der Waals surface area contributed by atoms with Gasteiger partial charge < -0.3 is 9.80 Å². The summed E-state index contributed by atoms with van der Waals surface area (Å²) in [7, 11) is 0. The standard InChI is InChI=1S/C50H84N2/c1-4-7-9-11-13-15-17-18-19-20-21-23-25-27-29-37-43-52-45-44-51(42-36-28-26-24-22-16-14-12-10-8-5-2)50(52,46-47-38-32-30-33-39-47)49(6-3)48-40-34-31-35-41-48/h30-35,38-41,44-45,49H,4-29,36-37,42-43,46H2,1-3H3. The minimum atomic E-state index is -0.0640. The average Bonchev–Trinajstić information content (AvgIpc) is 3.50. The van der Waals surface area contributed by atoms with Gasteiger partial charge in [-0.1, -0.05) is 242 Å². The summed E-state index contributed by atoms with van der Waals surface area (Å²) in [5.41, 5.74) is 2.89. The van der Waals surface area contributed by atoms with Gasteiger partial charge in [0.05, 0.1) is 0 Å². The van der Waals surface area contributed by atoms with Crippen LogP contribution in [0, 0.1) is 0 Å².